The fourth-order valence-electron chi connectivity index (χ4n) is 3.15. The molecule has 4 N–H and O–H groups in total. The van der Waals surface area contributed by atoms with Gasteiger partial charge in [-0.15, -0.1) is 0 Å². The van der Waals surface area contributed by atoms with Gasteiger partial charge in [-0.25, -0.2) is 8.42 Å². The first kappa shape index (κ1) is 25.6. The Balaban J connectivity index is 1.77. The molecule has 3 rings (SSSR count). The van der Waals surface area contributed by atoms with Crippen molar-refractivity contribution >= 4 is 33.2 Å². The first-order chi connectivity index (χ1) is 16.7. The van der Waals surface area contributed by atoms with Gasteiger partial charge < -0.3 is 20.5 Å². The molecule has 0 spiro atoms. The van der Waals surface area contributed by atoms with Gasteiger partial charge in [0.05, 0.1) is 29.9 Å². The van der Waals surface area contributed by atoms with E-state index in [-0.39, 0.29) is 27.4 Å². The number of hydrogen-bond donors (Lipinski definition) is 3. The minimum Gasteiger partial charge on any atom is -0.497 e. The largest absolute Gasteiger partial charge is 0.497 e. The van der Waals surface area contributed by atoms with Crippen molar-refractivity contribution in [1.82, 2.24) is 0 Å². The lowest BCUT2D eigenvalue weighted by Crippen LogP contribution is -2.19. The minimum atomic E-state index is -3.88. The van der Waals surface area contributed by atoms with E-state index in [1.807, 2.05) is 6.92 Å². The Morgan fingerprint density at radius 3 is 2.34 bits per heavy atom. The van der Waals surface area contributed by atoms with Crippen molar-refractivity contribution in [3.05, 3.63) is 77.9 Å². The fourth-order valence-corrected chi connectivity index (χ4v) is 4.20. The van der Waals surface area contributed by atoms with Crippen LogP contribution in [-0.4, -0.2) is 33.9 Å². The van der Waals surface area contributed by atoms with Gasteiger partial charge in [0, 0.05) is 11.3 Å². The second-order valence-electron chi connectivity index (χ2n) is 7.59. The number of carbonyl (C=O) groups is 2. The lowest BCUT2D eigenvalue weighted by molar-refractivity contribution is 0.100. The highest BCUT2D eigenvalue weighted by Crippen LogP contribution is 2.24. The fraction of sp³-hybridized carbons (Fsp3) is 0.200. The number of benzene rings is 3. The van der Waals surface area contributed by atoms with Crippen molar-refractivity contribution in [3.63, 3.8) is 0 Å². The summed E-state index contributed by atoms with van der Waals surface area (Å²) in [4.78, 5) is 24.8. The molecular weight excluding hydrogens is 470 g/mol. The summed E-state index contributed by atoms with van der Waals surface area (Å²) in [5.41, 5.74) is 6.18. The maximum Gasteiger partial charge on any atom is 0.261 e. The van der Waals surface area contributed by atoms with Crippen molar-refractivity contribution in [1.29, 1.82) is 0 Å². The van der Waals surface area contributed by atoms with Crippen LogP contribution in [0, 0.1) is 0 Å². The van der Waals surface area contributed by atoms with Gasteiger partial charge in [-0.2, -0.15) is 0 Å². The number of methoxy groups -OCH3 is 1. The van der Waals surface area contributed by atoms with Gasteiger partial charge in [0.15, 0.2) is 0 Å². The molecule has 0 atom stereocenters. The minimum absolute atomic E-state index is 0.0421. The summed E-state index contributed by atoms with van der Waals surface area (Å²) in [7, 11) is -2.40. The Bertz CT molecular complexity index is 1310. The molecule has 3 aromatic rings. The monoisotopic (exact) mass is 497 g/mol. The number of sulfonamides is 1. The van der Waals surface area contributed by atoms with Crippen molar-refractivity contribution in [2.75, 3.05) is 23.8 Å². The molecule has 0 aliphatic rings. The average molecular weight is 498 g/mol. The SMILES string of the molecule is CCCCOc1ccc(NC(=O)c2cccc(NS(=O)(=O)c3ccc(OC)cc3)c2)c(C(N)=O)c1. The van der Waals surface area contributed by atoms with Crippen LogP contribution in [0.1, 0.15) is 40.5 Å². The highest BCUT2D eigenvalue weighted by molar-refractivity contribution is 7.92. The summed E-state index contributed by atoms with van der Waals surface area (Å²) in [5, 5.41) is 2.65. The van der Waals surface area contributed by atoms with Crippen LogP contribution in [0.3, 0.4) is 0 Å². The predicted molar refractivity (Wildman–Crippen MR) is 134 cm³/mol. The van der Waals surface area contributed by atoms with Crippen LogP contribution in [0.4, 0.5) is 11.4 Å². The maximum absolute atomic E-state index is 12.9. The average Bonchev–Trinajstić information content (AvgIpc) is 2.84. The van der Waals surface area contributed by atoms with Crippen LogP contribution in [0.25, 0.3) is 0 Å². The quantitative estimate of drug-likeness (QED) is 0.342. The van der Waals surface area contributed by atoms with E-state index in [2.05, 4.69) is 10.0 Å². The second-order valence-corrected chi connectivity index (χ2v) is 9.27. The third-order valence-corrected chi connectivity index (χ3v) is 6.42. The van der Waals surface area contributed by atoms with E-state index in [0.717, 1.165) is 12.8 Å². The van der Waals surface area contributed by atoms with E-state index in [1.54, 1.807) is 12.1 Å². The van der Waals surface area contributed by atoms with Crippen LogP contribution >= 0.6 is 0 Å². The second kappa shape index (κ2) is 11.4. The molecule has 0 radical (unpaired) electrons. The van der Waals surface area contributed by atoms with Gasteiger partial charge in [-0.1, -0.05) is 19.4 Å². The van der Waals surface area contributed by atoms with Crippen LogP contribution in [0.2, 0.25) is 0 Å². The van der Waals surface area contributed by atoms with Crippen molar-refractivity contribution in [2.45, 2.75) is 24.7 Å². The van der Waals surface area contributed by atoms with Crippen LogP contribution in [-0.2, 0) is 10.0 Å². The number of nitrogens with two attached hydrogens (primary N) is 1. The molecular formula is C25H27N3O6S. The van der Waals surface area contributed by atoms with E-state index >= 15 is 0 Å². The Labute approximate surface area is 204 Å². The number of carbonyl (C=O) groups excluding carboxylic acids is 2. The molecule has 184 valence electrons. The van der Waals surface area contributed by atoms with Crippen LogP contribution in [0.15, 0.2) is 71.6 Å². The van der Waals surface area contributed by atoms with Crippen LogP contribution in [0.5, 0.6) is 11.5 Å². The zero-order chi connectivity index (χ0) is 25.4. The Morgan fingerprint density at radius 1 is 0.971 bits per heavy atom. The van der Waals surface area contributed by atoms with Gasteiger partial charge in [-0.05, 0) is 67.1 Å². The summed E-state index contributed by atoms with van der Waals surface area (Å²) in [6.07, 6.45) is 1.83. The van der Waals surface area contributed by atoms with Crippen molar-refractivity contribution < 1.29 is 27.5 Å². The van der Waals surface area contributed by atoms with Crippen molar-refractivity contribution in [2.24, 2.45) is 5.73 Å². The van der Waals surface area contributed by atoms with E-state index in [4.69, 9.17) is 15.2 Å². The van der Waals surface area contributed by atoms with Gasteiger partial charge in [0.25, 0.3) is 21.8 Å². The molecule has 35 heavy (non-hydrogen) atoms. The van der Waals surface area contributed by atoms with Gasteiger partial charge in [-0.3, -0.25) is 14.3 Å². The number of amides is 2. The molecule has 0 unspecified atom stereocenters. The zero-order valence-corrected chi connectivity index (χ0v) is 20.2. The molecule has 3 aromatic carbocycles. The molecule has 0 bridgehead atoms. The molecule has 0 saturated carbocycles. The van der Waals surface area contributed by atoms with Crippen LogP contribution < -0.4 is 25.2 Å². The highest BCUT2D eigenvalue weighted by atomic mass is 32.2. The smallest absolute Gasteiger partial charge is 0.261 e. The molecule has 0 aromatic heterocycles. The van der Waals surface area contributed by atoms with Crippen molar-refractivity contribution in [3.8, 4) is 11.5 Å². The molecule has 0 saturated heterocycles. The first-order valence-electron chi connectivity index (χ1n) is 10.9. The zero-order valence-electron chi connectivity index (χ0n) is 19.4. The number of primary amides is 1. The number of hydrogen-bond acceptors (Lipinski definition) is 6. The van der Waals surface area contributed by atoms with Gasteiger partial charge in [0.1, 0.15) is 11.5 Å². The third-order valence-electron chi connectivity index (χ3n) is 5.02. The van der Waals surface area contributed by atoms with Gasteiger partial charge in [0.2, 0.25) is 0 Å². The molecule has 9 nitrogen and oxygen atoms in total. The predicted octanol–water partition coefficient (Wildman–Crippen LogP) is 4.03. The highest BCUT2D eigenvalue weighted by Gasteiger charge is 2.17. The number of ether oxygens (including phenoxy) is 2. The molecule has 0 heterocycles. The van der Waals surface area contributed by atoms with Gasteiger partial charge >= 0.3 is 0 Å². The topological polar surface area (TPSA) is 137 Å². The van der Waals surface area contributed by atoms with E-state index in [9.17, 15) is 18.0 Å². The summed E-state index contributed by atoms with van der Waals surface area (Å²) < 4.78 is 38.5. The molecule has 0 fully saturated rings. The molecule has 10 heteroatoms. The number of unbranched alkanes of at least 4 members (excludes halogenated alkanes) is 1. The Kier molecular flexibility index (Phi) is 8.32. The molecule has 0 aliphatic heterocycles. The Hall–Kier alpha value is -4.05. The summed E-state index contributed by atoms with van der Waals surface area (Å²) in [5.74, 6) is -0.265. The Morgan fingerprint density at radius 2 is 1.69 bits per heavy atom. The summed E-state index contributed by atoms with van der Waals surface area (Å²) in [6, 6.07) is 16.5. The summed E-state index contributed by atoms with van der Waals surface area (Å²) in [6.45, 7) is 2.54. The number of rotatable bonds is 11. The maximum atomic E-state index is 12.9. The lowest BCUT2D eigenvalue weighted by atomic mass is 10.1. The number of nitrogens with one attached hydrogen (secondary N) is 2. The third kappa shape index (κ3) is 6.73. The molecule has 0 aliphatic carbocycles. The number of anilines is 2. The standard InChI is InChI=1S/C25H27N3O6S/c1-3-4-14-34-20-10-13-23(22(16-20)24(26)29)27-25(30)17-6-5-7-18(15-17)28-35(31,32)21-11-8-19(33-2)9-12-21/h5-13,15-16,28H,3-4,14H2,1-2H3,(H2,26,29)(H,27,30). The summed E-state index contributed by atoms with van der Waals surface area (Å²) >= 11 is 0. The van der Waals surface area contributed by atoms with E-state index < -0.39 is 21.8 Å². The van der Waals surface area contributed by atoms with E-state index in [1.165, 1.54) is 61.7 Å². The van der Waals surface area contributed by atoms with E-state index in [0.29, 0.717) is 18.1 Å². The lowest BCUT2D eigenvalue weighted by Gasteiger charge is -2.13. The normalized spacial score (nSPS) is 10.9. The first-order valence-corrected chi connectivity index (χ1v) is 12.4. The molecule has 2 amide bonds.